The Balaban J connectivity index is 1.65. The van der Waals surface area contributed by atoms with Gasteiger partial charge in [0.15, 0.2) is 5.78 Å². The Morgan fingerprint density at radius 2 is 1.77 bits per heavy atom. The molecule has 0 aliphatic heterocycles. The number of nitrogens with zero attached hydrogens (tertiary/aromatic N) is 1. The van der Waals surface area contributed by atoms with Crippen LogP contribution in [0.5, 0.6) is 0 Å². The van der Waals surface area contributed by atoms with Gasteiger partial charge in [0.2, 0.25) is 0 Å². The lowest BCUT2D eigenvalue weighted by molar-refractivity contribution is 0.104. The van der Waals surface area contributed by atoms with Crippen molar-refractivity contribution in [2.24, 2.45) is 0 Å². The molecule has 0 saturated carbocycles. The third kappa shape index (κ3) is 2.30. The number of allylic oxidation sites excluding steroid dienone is 1. The molecule has 0 radical (unpaired) electrons. The Morgan fingerprint density at radius 3 is 2.59 bits per heavy atom. The summed E-state index contributed by atoms with van der Waals surface area (Å²) in [5.74, 6) is 0.130. The van der Waals surface area contributed by atoms with Gasteiger partial charge in [0.05, 0.1) is 5.69 Å². The summed E-state index contributed by atoms with van der Waals surface area (Å²) in [5.41, 5.74) is 4.73. The minimum absolute atomic E-state index is 0.130. The molecule has 22 heavy (non-hydrogen) atoms. The summed E-state index contributed by atoms with van der Waals surface area (Å²) in [4.78, 5) is 17.0. The number of aromatic nitrogens is 1. The first-order valence-corrected chi connectivity index (χ1v) is 8.03. The van der Waals surface area contributed by atoms with Crippen LogP contribution >= 0.6 is 11.3 Å². The molecular formula is C19H13NOS. The molecule has 1 heterocycles. The maximum atomic E-state index is 12.4. The van der Waals surface area contributed by atoms with Crippen LogP contribution in [0.4, 0.5) is 0 Å². The number of fused-ring (bicyclic) bond motifs is 1. The van der Waals surface area contributed by atoms with Gasteiger partial charge in [-0.15, -0.1) is 11.3 Å². The van der Waals surface area contributed by atoms with Crippen LogP contribution in [-0.2, 0) is 6.42 Å². The van der Waals surface area contributed by atoms with Crippen LogP contribution in [0.1, 0.15) is 21.6 Å². The number of carbonyl (C=O) groups excluding carboxylic acids is 1. The van der Waals surface area contributed by atoms with Gasteiger partial charge in [-0.3, -0.25) is 4.79 Å². The first kappa shape index (κ1) is 13.2. The smallest absolute Gasteiger partial charge is 0.189 e. The zero-order chi connectivity index (χ0) is 14.9. The van der Waals surface area contributed by atoms with E-state index in [9.17, 15) is 4.79 Å². The topological polar surface area (TPSA) is 30.0 Å². The first-order valence-electron chi connectivity index (χ1n) is 7.15. The zero-order valence-electron chi connectivity index (χ0n) is 11.8. The Morgan fingerprint density at radius 1 is 1.00 bits per heavy atom. The largest absolute Gasteiger partial charge is 0.289 e. The lowest BCUT2D eigenvalue weighted by Crippen LogP contribution is -1.94. The van der Waals surface area contributed by atoms with E-state index in [1.807, 2.05) is 66.1 Å². The highest BCUT2D eigenvalue weighted by atomic mass is 32.1. The van der Waals surface area contributed by atoms with E-state index >= 15 is 0 Å². The minimum Gasteiger partial charge on any atom is -0.289 e. The van der Waals surface area contributed by atoms with Gasteiger partial charge in [-0.25, -0.2) is 4.98 Å². The molecule has 2 aromatic carbocycles. The van der Waals surface area contributed by atoms with Crippen molar-refractivity contribution in [1.82, 2.24) is 4.98 Å². The van der Waals surface area contributed by atoms with Crippen LogP contribution in [0, 0.1) is 0 Å². The quantitative estimate of drug-likeness (QED) is 0.646. The monoisotopic (exact) mass is 303 g/mol. The van der Waals surface area contributed by atoms with Crippen LogP contribution in [0.15, 0.2) is 65.6 Å². The van der Waals surface area contributed by atoms with E-state index in [1.54, 1.807) is 11.3 Å². The standard InChI is InChI=1S/C19H13NOS/c21-18-15(10-14-8-4-5-9-17(14)18)11-16-12-22-19(20-16)13-6-2-1-3-7-13/h1-9,11-12H,10H2/b15-11-. The lowest BCUT2D eigenvalue weighted by atomic mass is 10.1. The Labute approximate surface area is 132 Å². The van der Waals surface area contributed by atoms with Gasteiger partial charge >= 0.3 is 0 Å². The van der Waals surface area contributed by atoms with Gasteiger partial charge in [0, 0.05) is 28.5 Å². The molecule has 0 bridgehead atoms. The summed E-state index contributed by atoms with van der Waals surface area (Å²) >= 11 is 1.60. The van der Waals surface area contributed by atoms with E-state index in [4.69, 9.17) is 0 Å². The second-order valence-electron chi connectivity index (χ2n) is 5.28. The molecule has 0 unspecified atom stereocenters. The SMILES string of the molecule is O=C1/C(=C\c2csc(-c3ccccc3)n2)Cc2ccccc21. The number of carbonyl (C=O) groups is 1. The van der Waals surface area contributed by atoms with Crippen LogP contribution in [-0.4, -0.2) is 10.8 Å². The third-order valence-corrected chi connectivity index (χ3v) is 4.71. The number of hydrogen-bond donors (Lipinski definition) is 0. The summed E-state index contributed by atoms with van der Waals surface area (Å²) < 4.78 is 0. The first-order chi connectivity index (χ1) is 10.8. The average Bonchev–Trinajstić information content (AvgIpc) is 3.15. The molecule has 4 rings (SSSR count). The second kappa shape index (κ2) is 5.35. The van der Waals surface area contributed by atoms with Crippen molar-refractivity contribution < 1.29 is 4.79 Å². The molecule has 2 nitrogen and oxygen atoms in total. The molecule has 3 aromatic rings. The van der Waals surface area contributed by atoms with E-state index in [0.29, 0.717) is 6.42 Å². The fourth-order valence-electron chi connectivity index (χ4n) is 2.72. The number of thiazole rings is 1. The molecule has 0 spiro atoms. The molecule has 1 aliphatic carbocycles. The van der Waals surface area contributed by atoms with Crippen LogP contribution in [0.3, 0.4) is 0 Å². The number of benzene rings is 2. The van der Waals surface area contributed by atoms with Gasteiger partial charge in [0.25, 0.3) is 0 Å². The van der Waals surface area contributed by atoms with Crippen molar-refractivity contribution in [3.8, 4) is 10.6 Å². The van der Waals surface area contributed by atoms with Crippen molar-refractivity contribution in [3.05, 3.63) is 82.4 Å². The molecule has 0 amide bonds. The molecule has 0 N–H and O–H groups in total. The van der Waals surface area contributed by atoms with Gasteiger partial charge < -0.3 is 0 Å². The highest BCUT2D eigenvalue weighted by Crippen LogP contribution is 2.29. The molecule has 0 saturated heterocycles. The molecule has 0 atom stereocenters. The average molecular weight is 303 g/mol. The van der Waals surface area contributed by atoms with E-state index < -0.39 is 0 Å². The van der Waals surface area contributed by atoms with Crippen molar-refractivity contribution in [3.63, 3.8) is 0 Å². The number of rotatable bonds is 2. The molecule has 0 fully saturated rings. The normalized spacial score (nSPS) is 15.3. The summed E-state index contributed by atoms with van der Waals surface area (Å²) in [5, 5.41) is 2.99. The van der Waals surface area contributed by atoms with Crippen LogP contribution in [0.25, 0.3) is 16.6 Å². The van der Waals surface area contributed by atoms with E-state index in [0.717, 1.165) is 33.0 Å². The van der Waals surface area contributed by atoms with Crippen LogP contribution < -0.4 is 0 Å². The van der Waals surface area contributed by atoms with E-state index in [2.05, 4.69) is 4.98 Å². The summed E-state index contributed by atoms with van der Waals surface area (Å²) in [7, 11) is 0. The van der Waals surface area contributed by atoms with Crippen molar-refractivity contribution in [2.45, 2.75) is 6.42 Å². The van der Waals surface area contributed by atoms with Crippen molar-refractivity contribution in [1.29, 1.82) is 0 Å². The fourth-order valence-corrected chi connectivity index (χ4v) is 3.50. The minimum atomic E-state index is 0.130. The Bertz CT molecular complexity index is 877. The van der Waals surface area contributed by atoms with Gasteiger partial charge in [-0.05, 0) is 11.6 Å². The fraction of sp³-hybridized carbons (Fsp3) is 0.0526. The maximum absolute atomic E-state index is 12.4. The Kier molecular flexibility index (Phi) is 3.20. The zero-order valence-corrected chi connectivity index (χ0v) is 12.6. The Hall–Kier alpha value is -2.52. The summed E-state index contributed by atoms with van der Waals surface area (Å²) in [6.07, 6.45) is 2.62. The lowest BCUT2D eigenvalue weighted by Gasteiger charge is -1.94. The molecule has 1 aliphatic rings. The predicted molar refractivity (Wildman–Crippen MR) is 90.0 cm³/mol. The maximum Gasteiger partial charge on any atom is 0.189 e. The van der Waals surface area contributed by atoms with Gasteiger partial charge in [-0.2, -0.15) is 0 Å². The van der Waals surface area contributed by atoms with E-state index in [1.165, 1.54) is 0 Å². The number of ketones is 1. The summed E-state index contributed by atoms with van der Waals surface area (Å²) in [6, 6.07) is 17.9. The molecule has 3 heteroatoms. The molecular weight excluding hydrogens is 290 g/mol. The molecule has 106 valence electrons. The van der Waals surface area contributed by atoms with Gasteiger partial charge in [-0.1, -0.05) is 54.6 Å². The van der Waals surface area contributed by atoms with Crippen LogP contribution in [0.2, 0.25) is 0 Å². The predicted octanol–water partition coefficient (Wildman–Crippen LogP) is 4.63. The van der Waals surface area contributed by atoms with Crippen molar-refractivity contribution in [2.75, 3.05) is 0 Å². The second-order valence-corrected chi connectivity index (χ2v) is 6.13. The molecule has 1 aromatic heterocycles. The third-order valence-electron chi connectivity index (χ3n) is 3.80. The van der Waals surface area contributed by atoms with Gasteiger partial charge in [0.1, 0.15) is 5.01 Å². The number of Topliss-reactive ketones (excluding diaryl/α,β-unsaturated/α-hetero) is 1. The van der Waals surface area contributed by atoms with Crippen molar-refractivity contribution >= 4 is 23.2 Å². The number of hydrogen-bond acceptors (Lipinski definition) is 3. The highest BCUT2D eigenvalue weighted by molar-refractivity contribution is 7.13. The highest BCUT2D eigenvalue weighted by Gasteiger charge is 2.24. The summed E-state index contributed by atoms with van der Waals surface area (Å²) in [6.45, 7) is 0. The van der Waals surface area contributed by atoms with E-state index in [-0.39, 0.29) is 5.78 Å².